The quantitative estimate of drug-likeness (QED) is 0.642. The predicted molar refractivity (Wildman–Crippen MR) is 42.5 cm³/mol. The maximum Gasteiger partial charge on any atom is 0.323 e. The zero-order chi connectivity index (χ0) is 8.32. The summed E-state index contributed by atoms with van der Waals surface area (Å²) < 4.78 is 0. The fraction of sp³-hybridized carbons (Fsp3) is 0.875. The van der Waals surface area contributed by atoms with Crippen LogP contribution in [0.2, 0.25) is 0 Å². The van der Waals surface area contributed by atoms with Gasteiger partial charge in [0, 0.05) is 0 Å². The highest BCUT2D eigenvalue weighted by Gasteiger charge is 2.40. The van der Waals surface area contributed by atoms with Crippen molar-refractivity contribution in [2.75, 3.05) is 6.54 Å². The van der Waals surface area contributed by atoms with Crippen LogP contribution < -0.4 is 5.32 Å². The third-order valence-electron chi connectivity index (χ3n) is 2.38. The lowest BCUT2D eigenvalue weighted by Gasteiger charge is -2.24. The second-order valence-electron chi connectivity index (χ2n) is 3.12. The van der Waals surface area contributed by atoms with Crippen molar-refractivity contribution in [2.45, 2.75) is 38.1 Å². The topological polar surface area (TPSA) is 49.3 Å². The minimum Gasteiger partial charge on any atom is -0.480 e. The number of rotatable bonds is 3. The molecule has 1 fully saturated rings. The molecule has 0 aromatic rings. The standard InChI is InChI=1S/C8H15NO2/c1-2-9-8(7(10)11)5-3-4-6-8/h9H,2-6H2,1H3,(H,10,11). The van der Waals surface area contributed by atoms with Crippen LogP contribution in [0, 0.1) is 0 Å². The number of carboxylic acid groups (broad SMARTS) is 1. The molecular weight excluding hydrogens is 142 g/mol. The van der Waals surface area contributed by atoms with Crippen LogP contribution in [0.3, 0.4) is 0 Å². The number of nitrogens with one attached hydrogen (secondary N) is 1. The second kappa shape index (κ2) is 3.22. The molecule has 1 aliphatic carbocycles. The van der Waals surface area contributed by atoms with Gasteiger partial charge in [-0.2, -0.15) is 0 Å². The van der Waals surface area contributed by atoms with E-state index < -0.39 is 11.5 Å². The fourth-order valence-electron chi connectivity index (χ4n) is 1.78. The van der Waals surface area contributed by atoms with Crippen LogP contribution in [-0.4, -0.2) is 23.2 Å². The zero-order valence-corrected chi connectivity index (χ0v) is 6.89. The average Bonchev–Trinajstić information content (AvgIpc) is 2.38. The number of hydrogen-bond acceptors (Lipinski definition) is 2. The first kappa shape index (κ1) is 8.53. The molecule has 2 N–H and O–H groups in total. The Labute approximate surface area is 66.8 Å². The largest absolute Gasteiger partial charge is 0.480 e. The highest BCUT2D eigenvalue weighted by Crippen LogP contribution is 2.29. The Bertz CT molecular complexity index is 150. The summed E-state index contributed by atoms with van der Waals surface area (Å²) in [7, 11) is 0. The first-order chi connectivity index (χ1) is 5.21. The summed E-state index contributed by atoms with van der Waals surface area (Å²) in [4.78, 5) is 10.9. The van der Waals surface area contributed by atoms with Gasteiger partial charge < -0.3 is 10.4 Å². The van der Waals surface area contributed by atoms with Gasteiger partial charge in [-0.15, -0.1) is 0 Å². The third-order valence-corrected chi connectivity index (χ3v) is 2.38. The summed E-state index contributed by atoms with van der Waals surface area (Å²) in [5.41, 5.74) is -0.589. The molecule has 0 aliphatic heterocycles. The molecule has 0 atom stereocenters. The summed E-state index contributed by atoms with van der Waals surface area (Å²) in [5.74, 6) is -0.683. The van der Waals surface area contributed by atoms with Gasteiger partial charge in [-0.25, -0.2) is 0 Å². The van der Waals surface area contributed by atoms with Gasteiger partial charge in [-0.3, -0.25) is 4.79 Å². The lowest BCUT2D eigenvalue weighted by molar-refractivity contribution is -0.144. The number of carboxylic acids is 1. The van der Waals surface area contributed by atoms with Gasteiger partial charge in [0.05, 0.1) is 0 Å². The van der Waals surface area contributed by atoms with Crippen LogP contribution in [0.1, 0.15) is 32.6 Å². The van der Waals surface area contributed by atoms with Crippen molar-refractivity contribution >= 4 is 5.97 Å². The molecule has 1 aliphatic rings. The monoisotopic (exact) mass is 157 g/mol. The zero-order valence-electron chi connectivity index (χ0n) is 6.89. The molecular formula is C8H15NO2. The number of carbonyl (C=O) groups is 1. The Kier molecular flexibility index (Phi) is 2.49. The molecule has 0 radical (unpaired) electrons. The van der Waals surface area contributed by atoms with Crippen LogP contribution >= 0.6 is 0 Å². The highest BCUT2D eigenvalue weighted by molar-refractivity contribution is 5.79. The van der Waals surface area contributed by atoms with E-state index in [0.717, 1.165) is 32.2 Å². The normalized spacial score (nSPS) is 21.9. The van der Waals surface area contributed by atoms with Crippen molar-refractivity contribution < 1.29 is 9.90 Å². The van der Waals surface area contributed by atoms with Gasteiger partial charge in [0.2, 0.25) is 0 Å². The summed E-state index contributed by atoms with van der Waals surface area (Å²) >= 11 is 0. The van der Waals surface area contributed by atoms with E-state index in [9.17, 15) is 4.79 Å². The molecule has 0 aromatic carbocycles. The minimum absolute atomic E-state index is 0.589. The molecule has 0 aromatic heterocycles. The second-order valence-corrected chi connectivity index (χ2v) is 3.12. The summed E-state index contributed by atoms with van der Waals surface area (Å²) in [5, 5.41) is 12.0. The van der Waals surface area contributed by atoms with Crippen molar-refractivity contribution in [3.63, 3.8) is 0 Å². The molecule has 64 valence electrons. The highest BCUT2D eigenvalue weighted by atomic mass is 16.4. The van der Waals surface area contributed by atoms with E-state index >= 15 is 0 Å². The average molecular weight is 157 g/mol. The first-order valence-corrected chi connectivity index (χ1v) is 4.20. The summed E-state index contributed by atoms with van der Waals surface area (Å²) in [6.45, 7) is 2.69. The van der Waals surface area contributed by atoms with Gasteiger partial charge in [0.25, 0.3) is 0 Å². The first-order valence-electron chi connectivity index (χ1n) is 4.20. The van der Waals surface area contributed by atoms with Gasteiger partial charge in [-0.1, -0.05) is 19.8 Å². The Morgan fingerprint density at radius 2 is 2.09 bits per heavy atom. The summed E-state index contributed by atoms with van der Waals surface area (Å²) in [6.07, 6.45) is 3.66. The van der Waals surface area contributed by atoms with Crippen LogP contribution in [0.25, 0.3) is 0 Å². The number of likely N-dealkylation sites (N-methyl/N-ethyl adjacent to an activating group) is 1. The number of hydrogen-bond donors (Lipinski definition) is 2. The SMILES string of the molecule is CCNC1(C(=O)O)CCCC1. The molecule has 0 saturated heterocycles. The van der Waals surface area contributed by atoms with E-state index in [1.165, 1.54) is 0 Å². The third kappa shape index (κ3) is 1.53. The lowest BCUT2D eigenvalue weighted by atomic mass is 9.98. The molecule has 1 rings (SSSR count). The Morgan fingerprint density at radius 3 is 2.45 bits per heavy atom. The smallest absolute Gasteiger partial charge is 0.323 e. The Hall–Kier alpha value is -0.570. The van der Waals surface area contributed by atoms with E-state index in [1.54, 1.807) is 0 Å². The molecule has 3 nitrogen and oxygen atoms in total. The van der Waals surface area contributed by atoms with E-state index in [0.29, 0.717) is 0 Å². The minimum atomic E-state index is -0.683. The van der Waals surface area contributed by atoms with Crippen molar-refractivity contribution in [2.24, 2.45) is 0 Å². The van der Waals surface area contributed by atoms with Crippen molar-refractivity contribution in [1.29, 1.82) is 0 Å². The van der Waals surface area contributed by atoms with E-state index in [1.807, 2.05) is 6.92 Å². The summed E-state index contributed by atoms with van der Waals surface area (Å²) in [6, 6.07) is 0. The Balaban J connectivity index is 2.62. The van der Waals surface area contributed by atoms with Gasteiger partial charge in [0.1, 0.15) is 5.54 Å². The van der Waals surface area contributed by atoms with Crippen LogP contribution in [0.5, 0.6) is 0 Å². The Morgan fingerprint density at radius 1 is 1.55 bits per heavy atom. The van der Waals surface area contributed by atoms with Crippen molar-refractivity contribution in [3.8, 4) is 0 Å². The van der Waals surface area contributed by atoms with Crippen molar-refractivity contribution in [1.82, 2.24) is 5.32 Å². The van der Waals surface area contributed by atoms with Gasteiger partial charge in [-0.05, 0) is 19.4 Å². The lowest BCUT2D eigenvalue weighted by Crippen LogP contribution is -2.49. The maximum absolute atomic E-state index is 10.9. The fourth-order valence-corrected chi connectivity index (χ4v) is 1.78. The van der Waals surface area contributed by atoms with Crippen molar-refractivity contribution in [3.05, 3.63) is 0 Å². The van der Waals surface area contributed by atoms with Crippen LogP contribution in [0.4, 0.5) is 0 Å². The predicted octanol–water partition coefficient (Wildman–Crippen LogP) is 0.993. The van der Waals surface area contributed by atoms with E-state index in [2.05, 4.69) is 5.32 Å². The molecule has 0 spiro atoms. The van der Waals surface area contributed by atoms with Gasteiger partial charge in [0.15, 0.2) is 0 Å². The molecule has 11 heavy (non-hydrogen) atoms. The van der Waals surface area contributed by atoms with E-state index in [4.69, 9.17) is 5.11 Å². The number of aliphatic carboxylic acids is 1. The van der Waals surface area contributed by atoms with Gasteiger partial charge >= 0.3 is 5.97 Å². The van der Waals surface area contributed by atoms with E-state index in [-0.39, 0.29) is 0 Å². The molecule has 0 bridgehead atoms. The molecule has 0 amide bonds. The van der Waals surface area contributed by atoms with Crippen LogP contribution in [0.15, 0.2) is 0 Å². The maximum atomic E-state index is 10.9. The molecule has 3 heteroatoms. The molecule has 0 heterocycles. The molecule has 1 saturated carbocycles. The molecule has 0 unspecified atom stereocenters. The van der Waals surface area contributed by atoms with Crippen LogP contribution in [-0.2, 0) is 4.79 Å².